The zero-order valence-electron chi connectivity index (χ0n) is 16.6. The number of rotatable bonds is 11. The molecule has 0 atom stereocenters. The topological polar surface area (TPSA) is 93.2 Å². The summed E-state index contributed by atoms with van der Waals surface area (Å²) in [4.78, 5) is 25.2. The second-order valence-corrected chi connectivity index (χ2v) is 9.65. The first-order valence-corrected chi connectivity index (χ1v) is 11.8. The van der Waals surface area contributed by atoms with Gasteiger partial charge in [0.15, 0.2) is 10.1 Å². The number of nitrogens with one attached hydrogen (secondary N) is 2. The van der Waals surface area contributed by atoms with Crippen LogP contribution in [-0.2, 0) is 17.8 Å². The van der Waals surface area contributed by atoms with Gasteiger partial charge in [0.2, 0.25) is 11.0 Å². The molecule has 3 rings (SSSR count). The van der Waals surface area contributed by atoms with Crippen molar-refractivity contribution in [1.29, 1.82) is 0 Å². The SMILES string of the molecule is COc1ccc(CNc2nnc(SCC(=O)c3ccc(CCNC(C)=O)s3)s2)cc1. The lowest BCUT2D eigenvalue weighted by molar-refractivity contribution is -0.118. The summed E-state index contributed by atoms with van der Waals surface area (Å²) >= 11 is 4.30. The summed E-state index contributed by atoms with van der Waals surface area (Å²) in [7, 11) is 1.64. The van der Waals surface area contributed by atoms with Crippen LogP contribution in [0.5, 0.6) is 5.75 Å². The highest BCUT2D eigenvalue weighted by Gasteiger charge is 2.12. The van der Waals surface area contributed by atoms with Crippen molar-refractivity contribution >= 4 is 51.3 Å². The largest absolute Gasteiger partial charge is 0.497 e. The molecule has 0 fully saturated rings. The number of carbonyl (C=O) groups is 2. The summed E-state index contributed by atoms with van der Waals surface area (Å²) in [6.07, 6.45) is 0.726. The molecule has 7 nitrogen and oxygen atoms in total. The summed E-state index contributed by atoms with van der Waals surface area (Å²) in [6, 6.07) is 11.6. The van der Waals surface area contributed by atoms with Gasteiger partial charge >= 0.3 is 0 Å². The van der Waals surface area contributed by atoms with E-state index in [-0.39, 0.29) is 11.7 Å². The number of Topliss-reactive ketones (excluding diaryl/α,β-unsaturated/α-hetero) is 1. The molecule has 0 saturated heterocycles. The van der Waals surface area contributed by atoms with Crippen molar-refractivity contribution in [3.05, 3.63) is 51.7 Å². The van der Waals surface area contributed by atoms with Gasteiger partial charge in [-0.1, -0.05) is 35.2 Å². The Morgan fingerprint density at radius 1 is 1.10 bits per heavy atom. The van der Waals surface area contributed by atoms with Gasteiger partial charge in [0, 0.05) is 24.9 Å². The van der Waals surface area contributed by atoms with Gasteiger partial charge in [0.05, 0.1) is 17.7 Å². The maximum absolute atomic E-state index is 12.4. The predicted octanol–water partition coefficient (Wildman–Crippen LogP) is 3.87. The van der Waals surface area contributed by atoms with E-state index in [4.69, 9.17) is 4.74 Å². The van der Waals surface area contributed by atoms with Crippen LogP contribution in [0.3, 0.4) is 0 Å². The van der Waals surface area contributed by atoms with E-state index >= 15 is 0 Å². The molecular weight excluding hydrogens is 440 g/mol. The first-order valence-electron chi connectivity index (χ1n) is 9.23. The lowest BCUT2D eigenvalue weighted by Crippen LogP contribution is -2.22. The molecule has 0 aliphatic carbocycles. The number of nitrogens with zero attached hydrogens (tertiary/aromatic N) is 2. The van der Waals surface area contributed by atoms with E-state index in [9.17, 15) is 9.59 Å². The number of ketones is 1. The zero-order valence-corrected chi connectivity index (χ0v) is 19.1. The monoisotopic (exact) mass is 462 g/mol. The summed E-state index contributed by atoms with van der Waals surface area (Å²) in [5.41, 5.74) is 1.11. The van der Waals surface area contributed by atoms with Crippen molar-refractivity contribution in [2.45, 2.75) is 24.2 Å². The summed E-state index contributed by atoms with van der Waals surface area (Å²) in [6.45, 7) is 2.71. The molecule has 0 unspecified atom stereocenters. The van der Waals surface area contributed by atoms with Crippen LogP contribution in [0.1, 0.15) is 27.0 Å². The van der Waals surface area contributed by atoms with Crippen molar-refractivity contribution < 1.29 is 14.3 Å². The zero-order chi connectivity index (χ0) is 21.3. The highest BCUT2D eigenvalue weighted by Crippen LogP contribution is 2.27. The molecular formula is C20H22N4O3S3. The van der Waals surface area contributed by atoms with Crippen LogP contribution in [0.4, 0.5) is 5.13 Å². The Hall–Kier alpha value is -2.43. The van der Waals surface area contributed by atoms with E-state index < -0.39 is 0 Å². The van der Waals surface area contributed by atoms with E-state index in [1.807, 2.05) is 36.4 Å². The number of amides is 1. The summed E-state index contributed by atoms with van der Waals surface area (Å²) in [5, 5.41) is 15.0. The van der Waals surface area contributed by atoms with Crippen molar-refractivity contribution in [2.24, 2.45) is 0 Å². The van der Waals surface area contributed by atoms with Gasteiger partial charge in [-0.3, -0.25) is 9.59 Å². The maximum Gasteiger partial charge on any atom is 0.216 e. The molecule has 2 heterocycles. The molecule has 30 heavy (non-hydrogen) atoms. The lowest BCUT2D eigenvalue weighted by atomic mass is 10.2. The molecule has 158 valence electrons. The maximum atomic E-state index is 12.4. The van der Waals surface area contributed by atoms with Gasteiger partial charge in [0.1, 0.15) is 5.75 Å². The number of carbonyl (C=O) groups excluding carboxylic acids is 2. The van der Waals surface area contributed by atoms with E-state index in [0.29, 0.717) is 18.8 Å². The van der Waals surface area contributed by atoms with Crippen LogP contribution in [0.2, 0.25) is 0 Å². The van der Waals surface area contributed by atoms with Crippen LogP contribution in [0, 0.1) is 0 Å². The number of thiophene rings is 1. The number of anilines is 1. The Labute approximate surface area is 187 Å². The Morgan fingerprint density at radius 2 is 1.90 bits per heavy atom. The molecule has 0 saturated carbocycles. The third kappa shape index (κ3) is 6.82. The van der Waals surface area contributed by atoms with Crippen LogP contribution < -0.4 is 15.4 Å². The van der Waals surface area contributed by atoms with Gasteiger partial charge in [-0.25, -0.2) is 0 Å². The number of hydrogen-bond donors (Lipinski definition) is 2. The van der Waals surface area contributed by atoms with Crippen LogP contribution in [0.15, 0.2) is 40.7 Å². The smallest absolute Gasteiger partial charge is 0.216 e. The van der Waals surface area contributed by atoms with Gasteiger partial charge in [0.25, 0.3) is 0 Å². The number of methoxy groups -OCH3 is 1. The number of thioether (sulfide) groups is 1. The minimum absolute atomic E-state index is 0.0471. The molecule has 2 N–H and O–H groups in total. The van der Waals surface area contributed by atoms with Crippen LogP contribution in [-0.4, -0.2) is 41.3 Å². The lowest BCUT2D eigenvalue weighted by Gasteiger charge is -2.03. The molecule has 0 aliphatic heterocycles. The first kappa shape index (κ1) is 22.3. The van der Waals surface area contributed by atoms with Gasteiger partial charge < -0.3 is 15.4 Å². The quantitative estimate of drug-likeness (QED) is 0.330. The minimum atomic E-state index is -0.0471. The predicted molar refractivity (Wildman–Crippen MR) is 122 cm³/mol. The standard InChI is InChI=1S/C20H22N4O3S3/c1-13(25)21-10-9-16-7-8-18(29-16)17(26)12-28-20-24-23-19(30-20)22-11-14-3-5-15(27-2)6-4-14/h3-8H,9-12H2,1-2H3,(H,21,25)(H,22,23). The Kier molecular flexibility index (Phi) is 8.23. The normalized spacial score (nSPS) is 10.6. The van der Waals surface area contributed by atoms with Gasteiger partial charge in [-0.15, -0.1) is 21.5 Å². The van der Waals surface area contributed by atoms with Crippen molar-refractivity contribution in [3.8, 4) is 5.75 Å². The highest BCUT2D eigenvalue weighted by molar-refractivity contribution is 8.01. The van der Waals surface area contributed by atoms with E-state index in [0.717, 1.165) is 37.0 Å². The molecule has 3 aromatic rings. The summed E-state index contributed by atoms with van der Waals surface area (Å²) in [5.74, 6) is 1.16. The van der Waals surface area contributed by atoms with Crippen LogP contribution in [0.25, 0.3) is 0 Å². The molecule has 2 aromatic heterocycles. The van der Waals surface area contributed by atoms with Crippen molar-refractivity contribution in [1.82, 2.24) is 15.5 Å². The first-order chi connectivity index (χ1) is 14.5. The Morgan fingerprint density at radius 3 is 2.63 bits per heavy atom. The van der Waals surface area contributed by atoms with Crippen LogP contribution >= 0.6 is 34.4 Å². The minimum Gasteiger partial charge on any atom is -0.497 e. The van der Waals surface area contributed by atoms with E-state index in [1.54, 1.807) is 7.11 Å². The Bertz CT molecular complexity index is 985. The van der Waals surface area contributed by atoms with Crippen molar-refractivity contribution in [3.63, 3.8) is 0 Å². The number of ether oxygens (including phenoxy) is 1. The van der Waals surface area contributed by atoms with Gasteiger partial charge in [-0.05, 0) is 36.2 Å². The number of hydrogen-bond acceptors (Lipinski definition) is 9. The average molecular weight is 463 g/mol. The van der Waals surface area contributed by atoms with Crippen molar-refractivity contribution in [2.75, 3.05) is 24.7 Å². The molecule has 1 aromatic carbocycles. The second kappa shape index (κ2) is 11.1. The molecule has 1 amide bonds. The molecule has 0 aliphatic rings. The van der Waals surface area contributed by atoms with Gasteiger partial charge in [-0.2, -0.15) is 0 Å². The third-order valence-corrected chi connectivity index (χ3v) is 7.22. The second-order valence-electron chi connectivity index (χ2n) is 6.29. The fraction of sp³-hybridized carbons (Fsp3) is 0.300. The number of benzene rings is 1. The molecule has 0 bridgehead atoms. The third-order valence-electron chi connectivity index (χ3n) is 4.02. The highest BCUT2D eigenvalue weighted by atomic mass is 32.2. The fourth-order valence-corrected chi connectivity index (χ4v) is 5.15. The Balaban J connectivity index is 1.43. The fourth-order valence-electron chi connectivity index (χ4n) is 2.48. The number of aromatic nitrogens is 2. The van der Waals surface area contributed by atoms with E-state index in [2.05, 4.69) is 20.8 Å². The molecule has 0 radical (unpaired) electrons. The average Bonchev–Trinajstić information content (AvgIpc) is 3.40. The molecule has 10 heteroatoms. The summed E-state index contributed by atoms with van der Waals surface area (Å²) < 4.78 is 5.91. The van der Waals surface area contributed by atoms with E-state index in [1.165, 1.54) is 41.4 Å². The molecule has 0 spiro atoms.